The molecule has 2 aromatic heterocycles. The Morgan fingerprint density at radius 3 is 3.11 bits per heavy atom. The second-order valence-corrected chi connectivity index (χ2v) is 6.50. The van der Waals surface area contributed by atoms with Gasteiger partial charge >= 0.3 is 0 Å². The molecule has 1 saturated heterocycles. The average Bonchev–Trinajstić information content (AvgIpc) is 2.92. The molecule has 1 fully saturated rings. The molecule has 7 heteroatoms. The van der Waals surface area contributed by atoms with Crippen LogP contribution in [0.4, 0.5) is 5.95 Å². The minimum absolute atomic E-state index is 0.802. The Balaban J connectivity index is 1.80. The van der Waals surface area contributed by atoms with Gasteiger partial charge in [0.1, 0.15) is 0 Å². The fourth-order valence-corrected chi connectivity index (χ4v) is 3.14. The van der Waals surface area contributed by atoms with Crippen LogP contribution in [0.5, 0.6) is 0 Å². The Labute approximate surface area is 118 Å². The largest absolute Gasteiger partial charge is 0.338 e. The number of aromatic amines is 1. The Morgan fingerprint density at radius 2 is 2.28 bits per heavy atom. The number of H-pyrrole nitrogens is 1. The average molecular weight is 328 g/mol. The second-order valence-electron chi connectivity index (χ2n) is 4.21. The van der Waals surface area contributed by atoms with Crippen LogP contribution in [0.1, 0.15) is 6.42 Å². The van der Waals surface area contributed by atoms with E-state index in [2.05, 4.69) is 52.8 Å². The van der Waals surface area contributed by atoms with Crippen LogP contribution < -0.4 is 10.2 Å². The molecule has 0 amide bonds. The fourth-order valence-electron chi connectivity index (χ4n) is 2.00. The van der Waals surface area contributed by atoms with Gasteiger partial charge in [0.2, 0.25) is 5.95 Å². The van der Waals surface area contributed by atoms with Gasteiger partial charge < -0.3 is 10.2 Å². The minimum Gasteiger partial charge on any atom is -0.338 e. The van der Waals surface area contributed by atoms with E-state index in [4.69, 9.17) is 0 Å². The number of hydrogen-bond donors (Lipinski definition) is 2. The van der Waals surface area contributed by atoms with Crippen LogP contribution in [-0.4, -0.2) is 41.4 Å². The maximum absolute atomic E-state index is 4.58. The summed E-state index contributed by atoms with van der Waals surface area (Å²) in [5.74, 6) is 1.64. The summed E-state index contributed by atoms with van der Waals surface area (Å²) in [5.41, 5.74) is 1.08. The molecule has 2 aromatic rings. The first-order valence-corrected chi connectivity index (χ1v) is 7.63. The van der Waals surface area contributed by atoms with E-state index < -0.39 is 0 Å². The van der Waals surface area contributed by atoms with Crippen molar-refractivity contribution in [2.45, 2.75) is 6.42 Å². The van der Waals surface area contributed by atoms with Crippen LogP contribution in [0, 0.1) is 0 Å². The third-order valence-electron chi connectivity index (χ3n) is 2.94. The molecule has 3 heterocycles. The number of thiophene rings is 1. The van der Waals surface area contributed by atoms with Crippen LogP contribution in [0.15, 0.2) is 15.2 Å². The Kier molecular flexibility index (Phi) is 3.62. The molecule has 0 unspecified atom stereocenters. The highest BCUT2D eigenvalue weighted by molar-refractivity contribution is 9.11. The summed E-state index contributed by atoms with van der Waals surface area (Å²) in [7, 11) is 0. The Bertz CT molecular complexity index is 515. The van der Waals surface area contributed by atoms with Gasteiger partial charge in [-0.15, -0.1) is 16.4 Å². The molecule has 1 aliphatic heterocycles. The summed E-state index contributed by atoms with van der Waals surface area (Å²) in [4.78, 5) is 6.80. The third kappa shape index (κ3) is 2.57. The molecule has 3 rings (SSSR count). The molecule has 0 radical (unpaired) electrons. The van der Waals surface area contributed by atoms with Gasteiger partial charge in [0, 0.05) is 30.6 Å². The summed E-state index contributed by atoms with van der Waals surface area (Å²) in [5, 5.41) is 12.8. The van der Waals surface area contributed by atoms with E-state index in [0.717, 1.165) is 53.7 Å². The van der Waals surface area contributed by atoms with Gasteiger partial charge in [-0.1, -0.05) is 0 Å². The van der Waals surface area contributed by atoms with Gasteiger partial charge in [-0.3, -0.25) is 5.10 Å². The highest BCUT2D eigenvalue weighted by Gasteiger charge is 2.15. The number of nitrogens with one attached hydrogen (secondary N) is 2. The third-order valence-corrected chi connectivity index (χ3v) is 4.44. The lowest BCUT2D eigenvalue weighted by molar-refractivity contribution is 0.724. The molecular formula is C11H14BrN5S. The molecule has 0 aliphatic carbocycles. The normalized spacial score (nSPS) is 16.8. The highest BCUT2D eigenvalue weighted by atomic mass is 79.9. The maximum Gasteiger partial charge on any atom is 0.245 e. The van der Waals surface area contributed by atoms with Gasteiger partial charge in [0.05, 0.1) is 3.79 Å². The number of halogens is 1. The highest BCUT2D eigenvalue weighted by Crippen LogP contribution is 2.27. The number of anilines is 1. The number of nitrogens with zero attached hydrogens (tertiary/aromatic N) is 3. The van der Waals surface area contributed by atoms with E-state index in [9.17, 15) is 0 Å². The Hall–Kier alpha value is -0.920. The predicted octanol–water partition coefficient (Wildman–Crippen LogP) is 2.10. The predicted molar refractivity (Wildman–Crippen MR) is 77.1 cm³/mol. The first-order chi connectivity index (χ1) is 8.83. The van der Waals surface area contributed by atoms with Crippen molar-refractivity contribution in [3.63, 3.8) is 0 Å². The fraction of sp³-hybridized carbons (Fsp3) is 0.455. The van der Waals surface area contributed by atoms with Crippen LogP contribution in [0.3, 0.4) is 0 Å². The summed E-state index contributed by atoms with van der Waals surface area (Å²) >= 11 is 5.11. The van der Waals surface area contributed by atoms with E-state index in [-0.39, 0.29) is 0 Å². The summed E-state index contributed by atoms with van der Waals surface area (Å²) in [6, 6.07) is 2.05. The van der Waals surface area contributed by atoms with Crippen LogP contribution >= 0.6 is 27.3 Å². The van der Waals surface area contributed by atoms with E-state index in [1.54, 1.807) is 11.3 Å². The zero-order valence-corrected chi connectivity index (χ0v) is 12.2. The number of aromatic nitrogens is 3. The molecule has 0 saturated carbocycles. The molecule has 0 spiro atoms. The minimum atomic E-state index is 0.802. The zero-order valence-electron chi connectivity index (χ0n) is 9.82. The van der Waals surface area contributed by atoms with Gasteiger partial charge in [0.25, 0.3) is 0 Å². The van der Waals surface area contributed by atoms with E-state index in [1.165, 1.54) is 0 Å². The zero-order chi connectivity index (χ0) is 12.4. The summed E-state index contributed by atoms with van der Waals surface area (Å²) in [6.45, 7) is 4.04. The molecule has 0 aromatic carbocycles. The van der Waals surface area contributed by atoms with Crippen molar-refractivity contribution in [1.82, 2.24) is 20.5 Å². The standard InChI is InChI=1S/C11H14BrN5S/c12-9-6-8(7-18-9)10-14-11(16-15-10)17-4-1-2-13-3-5-17/h6-7,13H,1-5H2,(H,14,15,16). The van der Waals surface area contributed by atoms with Crippen molar-refractivity contribution in [1.29, 1.82) is 0 Å². The molecule has 5 nitrogen and oxygen atoms in total. The van der Waals surface area contributed by atoms with E-state index in [0.29, 0.717) is 0 Å². The van der Waals surface area contributed by atoms with Crippen molar-refractivity contribution in [3.05, 3.63) is 15.2 Å². The second kappa shape index (κ2) is 5.38. The van der Waals surface area contributed by atoms with Crippen LogP contribution in [-0.2, 0) is 0 Å². The lowest BCUT2D eigenvalue weighted by Gasteiger charge is -2.16. The summed E-state index contributed by atoms with van der Waals surface area (Å²) < 4.78 is 1.11. The molecule has 1 aliphatic rings. The summed E-state index contributed by atoms with van der Waals surface area (Å²) in [6.07, 6.45) is 1.13. The van der Waals surface area contributed by atoms with Crippen molar-refractivity contribution in [2.24, 2.45) is 0 Å². The first kappa shape index (κ1) is 12.1. The molecule has 96 valence electrons. The van der Waals surface area contributed by atoms with Gasteiger partial charge in [-0.2, -0.15) is 4.98 Å². The number of rotatable bonds is 2. The van der Waals surface area contributed by atoms with Crippen molar-refractivity contribution < 1.29 is 0 Å². The van der Waals surface area contributed by atoms with E-state index >= 15 is 0 Å². The molecule has 2 N–H and O–H groups in total. The first-order valence-electron chi connectivity index (χ1n) is 5.95. The van der Waals surface area contributed by atoms with Gasteiger partial charge in [-0.25, -0.2) is 0 Å². The van der Waals surface area contributed by atoms with Gasteiger partial charge in [0.15, 0.2) is 5.82 Å². The smallest absolute Gasteiger partial charge is 0.245 e. The van der Waals surface area contributed by atoms with Crippen LogP contribution in [0.2, 0.25) is 0 Å². The van der Waals surface area contributed by atoms with Crippen molar-refractivity contribution >= 4 is 33.2 Å². The SMILES string of the molecule is Brc1cc(-c2nc(N3CCCNCC3)n[nH]2)cs1. The van der Waals surface area contributed by atoms with E-state index in [1.807, 2.05) is 0 Å². The molecular weight excluding hydrogens is 314 g/mol. The number of hydrogen-bond acceptors (Lipinski definition) is 5. The lowest BCUT2D eigenvalue weighted by Crippen LogP contribution is -2.28. The molecule has 0 bridgehead atoms. The maximum atomic E-state index is 4.58. The Morgan fingerprint density at radius 1 is 1.33 bits per heavy atom. The topological polar surface area (TPSA) is 56.8 Å². The monoisotopic (exact) mass is 327 g/mol. The molecule has 18 heavy (non-hydrogen) atoms. The van der Waals surface area contributed by atoms with Crippen molar-refractivity contribution in [3.8, 4) is 11.4 Å². The quantitative estimate of drug-likeness (QED) is 0.886. The van der Waals surface area contributed by atoms with Gasteiger partial charge in [-0.05, 0) is 35.0 Å². The van der Waals surface area contributed by atoms with Crippen LogP contribution in [0.25, 0.3) is 11.4 Å². The lowest BCUT2D eigenvalue weighted by atomic mass is 10.3. The molecule has 0 atom stereocenters. The van der Waals surface area contributed by atoms with Crippen molar-refractivity contribution in [2.75, 3.05) is 31.1 Å².